The Morgan fingerprint density at radius 2 is 1.32 bits per heavy atom. The van der Waals surface area contributed by atoms with Gasteiger partial charge < -0.3 is 5.11 Å². The predicted octanol–water partition coefficient (Wildman–Crippen LogP) is 4.36. The van der Waals surface area contributed by atoms with Gasteiger partial charge in [0.2, 0.25) is 11.6 Å². The summed E-state index contributed by atoms with van der Waals surface area (Å²) in [6.45, 7) is 0. The third-order valence-corrected chi connectivity index (χ3v) is 2.24. The van der Waals surface area contributed by atoms with Crippen LogP contribution in [-0.2, 0) is 0 Å². The molecule has 2 rings (SSSR count). The van der Waals surface area contributed by atoms with Gasteiger partial charge in [-0.2, -0.15) is 9.50 Å². The normalized spacial score (nSPS) is 11.2. The highest BCUT2D eigenvalue weighted by molar-refractivity contribution is 5.53. The van der Waals surface area contributed by atoms with Crippen LogP contribution in [0.4, 0.5) is 28.9 Å². The minimum Gasteiger partial charge on any atom is -0.503 e. The highest BCUT2D eigenvalue weighted by atomic mass is 19.2. The van der Waals surface area contributed by atoms with E-state index in [-0.39, 0.29) is 5.69 Å². The minimum atomic E-state index is -2.10. The highest BCUT2D eigenvalue weighted by Crippen LogP contribution is 2.36. The SMILES string of the molecule is Oc1c(F)c(F)c(F)c(F)c1N=Nc1ccccc1. The molecule has 0 saturated heterocycles. The summed E-state index contributed by atoms with van der Waals surface area (Å²) in [6, 6.07) is 7.89. The second-order valence-electron chi connectivity index (χ2n) is 3.49. The third-order valence-electron chi connectivity index (χ3n) is 2.24. The van der Waals surface area contributed by atoms with Gasteiger partial charge in [0.15, 0.2) is 23.1 Å². The molecule has 0 aliphatic rings. The molecule has 0 saturated carbocycles. The molecule has 0 atom stereocenters. The number of hydrogen-bond donors (Lipinski definition) is 1. The average Bonchev–Trinajstić information content (AvgIpc) is 2.44. The van der Waals surface area contributed by atoms with Crippen LogP contribution in [0.15, 0.2) is 40.6 Å². The largest absolute Gasteiger partial charge is 0.503 e. The quantitative estimate of drug-likeness (QED) is 0.374. The number of phenolic OH excluding ortho intramolecular Hbond substituents is 1. The number of hydrogen-bond acceptors (Lipinski definition) is 3. The van der Waals surface area contributed by atoms with Gasteiger partial charge >= 0.3 is 0 Å². The fraction of sp³-hybridized carbons (Fsp3) is 0. The Labute approximate surface area is 104 Å². The third kappa shape index (κ3) is 2.40. The van der Waals surface area contributed by atoms with Crippen molar-refractivity contribution in [3.63, 3.8) is 0 Å². The van der Waals surface area contributed by atoms with E-state index in [4.69, 9.17) is 0 Å². The maximum atomic E-state index is 13.3. The molecule has 2 aromatic carbocycles. The van der Waals surface area contributed by atoms with Crippen LogP contribution in [0, 0.1) is 23.3 Å². The van der Waals surface area contributed by atoms with Gasteiger partial charge in [0.1, 0.15) is 0 Å². The van der Waals surface area contributed by atoms with Crippen molar-refractivity contribution in [1.29, 1.82) is 0 Å². The Kier molecular flexibility index (Phi) is 3.46. The summed E-state index contributed by atoms with van der Waals surface area (Å²) in [4.78, 5) is 0. The summed E-state index contributed by atoms with van der Waals surface area (Å²) < 4.78 is 52.1. The van der Waals surface area contributed by atoms with Gasteiger partial charge in [-0.15, -0.1) is 5.11 Å². The van der Waals surface area contributed by atoms with E-state index in [2.05, 4.69) is 10.2 Å². The molecule has 7 heteroatoms. The molecule has 0 aliphatic heterocycles. The maximum Gasteiger partial charge on any atom is 0.206 e. The first-order chi connectivity index (χ1) is 9.02. The van der Waals surface area contributed by atoms with Crippen molar-refractivity contribution in [1.82, 2.24) is 0 Å². The van der Waals surface area contributed by atoms with Crippen molar-refractivity contribution in [3.05, 3.63) is 53.6 Å². The molecular formula is C12H6F4N2O. The molecule has 3 nitrogen and oxygen atoms in total. The van der Waals surface area contributed by atoms with E-state index in [1.165, 1.54) is 12.1 Å². The lowest BCUT2D eigenvalue weighted by atomic mass is 10.2. The smallest absolute Gasteiger partial charge is 0.206 e. The molecule has 0 radical (unpaired) electrons. The van der Waals surface area contributed by atoms with Crippen molar-refractivity contribution < 1.29 is 22.7 Å². The standard InChI is InChI=1S/C12H6F4N2O/c13-7-8(14)10(16)12(19)11(9(7)15)18-17-6-4-2-1-3-5-6/h1-5,19H. The summed E-state index contributed by atoms with van der Waals surface area (Å²) in [5, 5.41) is 15.9. The number of nitrogens with zero attached hydrogens (tertiary/aromatic N) is 2. The number of halogens is 4. The Morgan fingerprint density at radius 3 is 1.95 bits per heavy atom. The zero-order valence-electron chi connectivity index (χ0n) is 9.24. The molecule has 0 amide bonds. The van der Waals surface area contributed by atoms with Crippen molar-refractivity contribution in [2.24, 2.45) is 10.2 Å². The highest BCUT2D eigenvalue weighted by Gasteiger charge is 2.25. The van der Waals surface area contributed by atoms with E-state index in [0.29, 0.717) is 0 Å². The summed E-state index contributed by atoms with van der Waals surface area (Å²) in [5.74, 6) is -9.32. The van der Waals surface area contributed by atoms with Crippen LogP contribution in [-0.4, -0.2) is 5.11 Å². The van der Waals surface area contributed by atoms with Crippen molar-refractivity contribution >= 4 is 11.4 Å². The zero-order chi connectivity index (χ0) is 14.0. The van der Waals surface area contributed by atoms with Crippen LogP contribution in [0.25, 0.3) is 0 Å². The summed E-state index contributed by atoms with van der Waals surface area (Å²) >= 11 is 0. The lowest BCUT2D eigenvalue weighted by Crippen LogP contribution is -1.96. The lowest BCUT2D eigenvalue weighted by Gasteiger charge is -2.03. The molecule has 0 bridgehead atoms. The predicted molar refractivity (Wildman–Crippen MR) is 58.6 cm³/mol. The van der Waals surface area contributed by atoms with Crippen molar-refractivity contribution in [2.75, 3.05) is 0 Å². The molecule has 0 heterocycles. The van der Waals surface area contributed by atoms with E-state index in [0.717, 1.165) is 0 Å². The van der Waals surface area contributed by atoms with Gasteiger partial charge in [-0.25, -0.2) is 13.2 Å². The Hall–Kier alpha value is -2.44. The molecule has 1 N–H and O–H groups in total. The van der Waals surface area contributed by atoms with Crippen LogP contribution >= 0.6 is 0 Å². The molecule has 98 valence electrons. The minimum absolute atomic E-state index is 0.270. The first-order valence-corrected chi connectivity index (χ1v) is 5.04. The van der Waals surface area contributed by atoms with Gasteiger partial charge in [-0.05, 0) is 12.1 Å². The first kappa shape index (κ1) is 13.0. The van der Waals surface area contributed by atoms with Crippen LogP contribution in [0.2, 0.25) is 0 Å². The van der Waals surface area contributed by atoms with Crippen molar-refractivity contribution in [2.45, 2.75) is 0 Å². The molecule has 0 unspecified atom stereocenters. The fourth-order valence-corrected chi connectivity index (χ4v) is 1.30. The number of azo groups is 1. The first-order valence-electron chi connectivity index (χ1n) is 5.04. The van der Waals surface area contributed by atoms with E-state index >= 15 is 0 Å². The van der Waals surface area contributed by atoms with Crippen LogP contribution in [0.5, 0.6) is 5.75 Å². The van der Waals surface area contributed by atoms with Gasteiger partial charge in [-0.1, -0.05) is 18.2 Å². The molecule has 0 aliphatic carbocycles. The molecule has 0 aromatic heterocycles. The number of benzene rings is 2. The number of phenols is 1. The second kappa shape index (κ2) is 5.05. The van der Waals surface area contributed by atoms with E-state index in [9.17, 15) is 22.7 Å². The maximum absolute atomic E-state index is 13.3. The second-order valence-corrected chi connectivity index (χ2v) is 3.49. The Morgan fingerprint density at radius 1 is 0.737 bits per heavy atom. The van der Waals surface area contributed by atoms with Crippen molar-refractivity contribution in [3.8, 4) is 5.75 Å². The Bertz CT molecular complexity index is 615. The monoisotopic (exact) mass is 270 g/mol. The van der Waals surface area contributed by atoms with Gasteiger partial charge in [-0.3, -0.25) is 0 Å². The van der Waals surface area contributed by atoms with E-state index < -0.39 is 34.7 Å². The fourth-order valence-electron chi connectivity index (χ4n) is 1.30. The van der Waals surface area contributed by atoms with Crippen LogP contribution in [0.3, 0.4) is 0 Å². The molecule has 0 spiro atoms. The van der Waals surface area contributed by atoms with E-state index in [1.54, 1.807) is 18.2 Å². The van der Waals surface area contributed by atoms with Gasteiger partial charge in [0.05, 0.1) is 5.69 Å². The van der Waals surface area contributed by atoms with Gasteiger partial charge in [0, 0.05) is 0 Å². The summed E-state index contributed by atoms with van der Waals surface area (Å²) in [5.41, 5.74) is -0.827. The molecule has 19 heavy (non-hydrogen) atoms. The summed E-state index contributed by atoms with van der Waals surface area (Å²) in [7, 11) is 0. The topological polar surface area (TPSA) is 45.0 Å². The molecule has 0 fully saturated rings. The van der Waals surface area contributed by atoms with Gasteiger partial charge in [0.25, 0.3) is 0 Å². The average molecular weight is 270 g/mol. The lowest BCUT2D eigenvalue weighted by molar-refractivity contribution is 0.367. The summed E-state index contributed by atoms with van der Waals surface area (Å²) in [6.07, 6.45) is 0. The van der Waals surface area contributed by atoms with Crippen LogP contribution in [0.1, 0.15) is 0 Å². The molecule has 2 aromatic rings. The Balaban J connectivity index is 2.50. The zero-order valence-corrected chi connectivity index (χ0v) is 9.24. The number of rotatable bonds is 2. The van der Waals surface area contributed by atoms with Crippen LogP contribution < -0.4 is 0 Å². The number of aromatic hydroxyl groups is 1. The van der Waals surface area contributed by atoms with E-state index in [1.807, 2.05) is 0 Å². The molecular weight excluding hydrogens is 264 g/mol.